The molecule has 4 nitrogen and oxygen atoms in total. The van der Waals surface area contributed by atoms with Crippen molar-refractivity contribution in [3.05, 3.63) is 36.3 Å². The number of rotatable bonds is 2. The zero-order valence-electron chi connectivity index (χ0n) is 10.2. The predicted octanol–water partition coefficient (Wildman–Crippen LogP) is 1.77. The van der Waals surface area contributed by atoms with E-state index in [2.05, 4.69) is 9.98 Å². The average molecular weight is 242 g/mol. The summed E-state index contributed by atoms with van der Waals surface area (Å²) in [5, 5.41) is 12.1. The van der Waals surface area contributed by atoms with Gasteiger partial charge in [-0.15, -0.1) is 0 Å². The molecule has 3 rings (SSSR count). The first kappa shape index (κ1) is 11.3. The number of pyridine rings is 1. The monoisotopic (exact) mass is 242 g/mol. The van der Waals surface area contributed by atoms with Crippen LogP contribution in [0.1, 0.15) is 37.7 Å². The maximum atomic E-state index is 12.1. The molecule has 4 heteroatoms. The van der Waals surface area contributed by atoms with Crippen LogP contribution in [-0.4, -0.2) is 21.3 Å². The van der Waals surface area contributed by atoms with Crippen LogP contribution < -0.4 is 5.11 Å². The zero-order valence-corrected chi connectivity index (χ0v) is 10.2. The fourth-order valence-electron chi connectivity index (χ4n) is 2.50. The SMILES string of the molecule is [O-]C(=NC1CCCCC1)c1ccc2nccn2c1. The molecule has 2 aromatic rings. The third-order valence-corrected chi connectivity index (χ3v) is 3.51. The van der Waals surface area contributed by atoms with Crippen LogP contribution in [0, 0.1) is 0 Å². The van der Waals surface area contributed by atoms with Crippen LogP contribution in [0.3, 0.4) is 0 Å². The topological polar surface area (TPSA) is 52.7 Å². The molecule has 0 unspecified atom stereocenters. The van der Waals surface area contributed by atoms with Crippen molar-refractivity contribution >= 4 is 11.5 Å². The maximum Gasteiger partial charge on any atom is 0.136 e. The van der Waals surface area contributed by atoms with Crippen LogP contribution in [-0.2, 0) is 0 Å². The molecule has 0 N–H and O–H groups in total. The Morgan fingerprint density at radius 1 is 1.28 bits per heavy atom. The fourth-order valence-corrected chi connectivity index (χ4v) is 2.50. The smallest absolute Gasteiger partial charge is 0.136 e. The summed E-state index contributed by atoms with van der Waals surface area (Å²) in [7, 11) is 0. The van der Waals surface area contributed by atoms with Gasteiger partial charge in [-0.05, 0) is 30.9 Å². The number of aromatic nitrogens is 2. The van der Waals surface area contributed by atoms with Crippen LogP contribution in [0.15, 0.2) is 35.7 Å². The Hall–Kier alpha value is -1.84. The van der Waals surface area contributed by atoms with Crippen LogP contribution >= 0.6 is 0 Å². The number of fused-ring (bicyclic) bond motifs is 1. The zero-order chi connectivity index (χ0) is 12.4. The van der Waals surface area contributed by atoms with Gasteiger partial charge in [-0.2, -0.15) is 0 Å². The van der Waals surface area contributed by atoms with Gasteiger partial charge < -0.3 is 9.51 Å². The molecule has 0 amide bonds. The van der Waals surface area contributed by atoms with Crippen molar-refractivity contribution in [1.29, 1.82) is 0 Å². The van der Waals surface area contributed by atoms with Gasteiger partial charge in [-0.25, -0.2) is 4.98 Å². The number of hydrogen-bond donors (Lipinski definition) is 0. The van der Waals surface area contributed by atoms with E-state index < -0.39 is 0 Å². The molecule has 94 valence electrons. The van der Waals surface area contributed by atoms with Gasteiger partial charge in [0.15, 0.2) is 0 Å². The Balaban J connectivity index is 1.85. The summed E-state index contributed by atoms with van der Waals surface area (Å²) in [5.74, 6) is -0.0995. The predicted molar refractivity (Wildman–Crippen MR) is 68.6 cm³/mol. The summed E-state index contributed by atoms with van der Waals surface area (Å²) in [5.41, 5.74) is 1.50. The van der Waals surface area contributed by atoms with Gasteiger partial charge in [0.1, 0.15) is 5.65 Å². The van der Waals surface area contributed by atoms with E-state index in [9.17, 15) is 5.11 Å². The van der Waals surface area contributed by atoms with Gasteiger partial charge in [0.25, 0.3) is 0 Å². The second-order valence-electron chi connectivity index (χ2n) is 4.84. The Labute approximate surface area is 106 Å². The fraction of sp³-hybridized carbons (Fsp3) is 0.429. The third-order valence-electron chi connectivity index (χ3n) is 3.51. The maximum absolute atomic E-state index is 12.1. The lowest BCUT2D eigenvalue weighted by Gasteiger charge is -2.21. The summed E-state index contributed by atoms with van der Waals surface area (Å²) in [6.45, 7) is 0. The molecule has 0 spiro atoms. The number of nitrogens with zero attached hydrogens (tertiary/aromatic N) is 3. The molecule has 0 aliphatic heterocycles. The number of hydrogen-bond acceptors (Lipinski definition) is 3. The second-order valence-corrected chi connectivity index (χ2v) is 4.84. The van der Waals surface area contributed by atoms with E-state index in [-0.39, 0.29) is 11.9 Å². The lowest BCUT2D eigenvalue weighted by atomic mass is 9.96. The van der Waals surface area contributed by atoms with E-state index in [1.165, 1.54) is 19.3 Å². The van der Waals surface area contributed by atoms with Gasteiger partial charge in [0.2, 0.25) is 0 Å². The molecule has 0 bridgehead atoms. The number of aliphatic imine (C=N–C) groups is 1. The molecular weight excluding hydrogens is 226 g/mol. The van der Waals surface area contributed by atoms with E-state index in [4.69, 9.17) is 0 Å². The van der Waals surface area contributed by atoms with E-state index >= 15 is 0 Å². The minimum atomic E-state index is -0.0995. The molecule has 18 heavy (non-hydrogen) atoms. The lowest BCUT2D eigenvalue weighted by molar-refractivity contribution is -0.213. The quantitative estimate of drug-likeness (QED) is 0.595. The van der Waals surface area contributed by atoms with Gasteiger partial charge >= 0.3 is 0 Å². The highest BCUT2D eigenvalue weighted by Crippen LogP contribution is 2.20. The molecule has 2 heterocycles. The molecule has 0 atom stereocenters. The van der Waals surface area contributed by atoms with Crippen molar-refractivity contribution in [2.45, 2.75) is 38.1 Å². The number of imidazole rings is 1. The van der Waals surface area contributed by atoms with Gasteiger partial charge in [0.05, 0.1) is 0 Å². The van der Waals surface area contributed by atoms with Gasteiger partial charge in [-0.1, -0.05) is 19.3 Å². The molecule has 1 saturated carbocycles. The Morgan fingerprint density at radius 3 is 2.94 bits per heavy atom. The largest absolute Gasteiger partial charge is 0.858 e. The van der Waals surface area contributed by atoms with Crippen LogP contribution in [0.5, 0.6) is 0 Å². The van der Waals surface area contributed by atoms with Crippen molar-refractivity contribution in [3.8, 4) is 0 Å². The normalized spacial score (nSPS) is 18.3. The second kappa shape index (κ2) is 4.80. The highest BCUT2D eigenvalue weighted by molar-refractivity contribution is 5.90. The van der Waals surface area contributed by atoms with Crippen molar-refractivity contribution in [3.63, 3.8) is 0 Å². The highest BCUT2D eigenvalue weighted by atomic mass is 16.3. The van der Waals surface area contributed by atoms with Crippen LogP contribution in [0.4, 0.5) is 0 Å². The minimum absolute atomic E-state index is 0.0995. The van der Waals surface area contributed by atoms with Crippen molar-refractivity contribution in [2.75, 3.05) is 0 Å². The highest BCUT2D eigenvalue weighted by Gasteiger charge is 2.11. The lowest BCUT2D eigenvalue weighted by Crippen LogP contribution is -2.23. The van der Waals surface area contributed by atoms with Crippen LogP contribution in [0.2, 0.25) is 0 Å². The van der Waals surface area contributed by atoms with Gasteiger partial charge in [-0.3, -0.25) is 4.99 Å². The summed E-state index contributed by atoms with van der Waals surface area (Å²) in [4.78, 5) is 8.48. The summed E-state index contributed by atoms with van der Waals surface area (Å²) >= 11 is 0. The molecule has 0 saturated heterocycles. The Bertz CT molecular complexity index is 567. The first-order valence-corrected chi connectivity index (χ1v) is 6.51. The first-order valence-electron chi connectivity index (χ1n) is 6.51. The van der Waals surface area contributed by atoms with Gasteiger partial charge in [0, 0.05) is 30.2 Å². The third kappa shape index (κ3) is 2.23. The van der Waals surface area contributed by atoms with Crippen molar-refractivity contribution < 1.29 is 5.11 Å². The van der Waals surface area contributed by atoms with Crippen molar-refractivity contribution in [2.24, 2.45) is 4.99 Å². The van der Waals surface area contributed by atoms with E-state index in [0.29, 0.717) is 5.56 Å². The molecule has 0 radical (unpaired) electrons. The standard InChI is InChI=1S/C14H17N3O/c18-14(16-12-4-2-1-3-5-12)11-6-7-13-15-8-9-17(13)10-11/h6-10,12H,1-5H2,(H,16,18)/p-1. The molecule has 1 aliphatic rings. The summed E-state index contributed by atoms with van der Waals surface area (Å²) in [6.07, 6.45) is 11.1. The van der Waals surface area contributed by atoms with E-state index in [0.717, 1.165) is 18.5 Å². The van der Waals surface area contributed by atoms with Crippen LogP contribution in [0.25, 0.3) is 5.65 Å². The molecule has 0 aromatic carbocycles. The average Bonchev–Trinajstić information content (AvgIpc) is 2.87. The summed E-state index contributed by atoms with van der Waals surface area (Å²) < 4.78 is 1.85. The van der Waals surface area contributed by atoms with E-state index in [1.54, 1.807) is 18.5 Å². The molecular formula is C14H16N3O-. The minimum Gasteiger partial charge on any atom is -0.858 e. The van der Waals surface area contributed by atoms with Crippen molar-refractivity contribution in [1.82, 2.24) is 9.38 Å². The Kier molecular flexibility index (Phi) is 3.00. The van der Waals surface area contributed by atoms with E-state index in [1.807, 2.05) is 16.7 Å². The Morgan fingerprint density at radius 2 is 2.11 bits per heavy atom. The summed E-state index contributed by atoms with van der Waals surface area (Å²) in [6, 6.07) is 3.88. The molecule has 1 fully saturated rings. The first-order chi connectivity index (χ1) is 8.83. The molecule has 2 aromatic heterocycles. The molecule has 1 aliphatic carbocycles.